The largest absolute Gasteiger partial charge is 0.462 e. The topological polar surface area (TPSA) is 121 Å². The first-order valence-electron chi connectivity index (χ1n) is 11.0. The van der Waals surface area contributed by atoms with Gasteiger partial charge in [-0.15, -0.1) is 4.73 Å². The summed E-state index contributed by atoms with van der Waals surface area (Å²) in [6.45, 7) is 7.08. The van der Waals surface area contributed by atoms with Crippen molar-refractivity contribution in [2.45, 2.75) is 51.1 Å². The smallest absolute Gasteiger partial charge is 0.323 e. The fourth-order valence-corrected chi connectivity index (χ4v) is 4.46. The van der Waals surface area contributed by atoms with Gasteiger partial charge in [0, 0.05) is 36.7 Å². The molecule has 11 nitrogen and oxygen atoms in total. The molecule has 2 aliphatic rings. The van der Waals surface area contributed by atoms with Crippen LogP contribution in [0.4, 0.5) is 5.95 Å². The number of nitrogens with zero attached hydrogens (tertiary/aromatic N) is 4. The number of carbonyl (C=O) groups is 1. The Morgan fingerprint density at radius 3 is 2.85 bits per heavy atom. The molecule has 2 fully saturated rings. The van der Waals surface area contributed by atoms with Gasteiger partial charge in [-0.1, -0.05) is 15.9 Å². The summed E-state index contributed by atoms with van der Waals surface area (Å²) in [5, 5.41) is 16.9. The highest BCUT2D eigenvalue weighted by atomic mass is 79.9. The number of likely N-dealkylation sites (tertiary alicyclic amines) is 1. The summed E-state index contributed by atoms with van der Waals surface area (Å²) >= 11 is 3.28. The molecule has 2 N–H and O–H groups in total. The highest BCUT2D eigenvalue weighted by Gasteiger charge is 2.34. The third-order valence-electron chi connectivity index (χ3n) is 5.73. The third kappa shape index (κ3) is 5.99. The van der Waals surface area contributed by atoms with Crippen molar-refractivity contribution in [3.05, 3.63) is 27.6 Å². The highest BCUT2D eigenvalue weighted by Crippen LogP contribution is 2.24. The Bertz CT molecular complexity index is 1070. The molecule has 1 aromatic heterocycles. The summed E-state index contributed by atoms with van der Waals surface area (Å²) in [4.78, 5) is 26.7. The van der Waals surface area contributed by atoms with Crippen LogP contribution in [0.25, 0.3) is 11.0 Å². The molecule has 0 spiro atoms. The molecule has 2 aromatic rings. The number of hydrogen-bond donors (Lipinski definition) is 2. The normalized spacial score (nSPS) is 21.4. The first kappa shape index (κ1) is 23.9. The van der Waals surface area contributed by atoms with E-state index in [0.717, 1.165) is 37.2 Å². The molecular weight excluding hydrogens is 498 g/mol. The van der Waals surface area contributed by atoms with Crippen LogP contribution < -0.4 is 9.86 Å². The lowest BCUT2D eigenvalue weighted by Crippen LogP contribution is -2.42. The monoisotopic (exact) mass is 526 g/mol. The Morgan fingerprint density at radius 1 is 1.39 bits per heavy atom. The molecule has 1 atom stereocenters. The predicted molar refractivity (Wildman–Crippen MR) is 122 cm³/mol. The van der Waals surface area contributed by atoms with E-state index in [1.807, 2.05) is 13.8 Å². The van der Waals surface area contributed by atoms with Crippen LogP contribution >= 0.6 is 15.9 Å². The first-order valence-corrected chi connectivity index (χ1v) is 11.8. The minimum atomic E-state index is -0.519. The van der Waals surface area contributed by atoms with Gasteiger partial charge in [0.15, 0.2) is 15.8 Å². The van der Waals surface area contributed by atoms with E-state index in [1.165, 1.54) is 0 Å². The maximum atomic E-state index is 12.3. The summed E-state index contributed by atoms with van der Waals surface area (Å²) in [7, 11) is 0. The van der Waals surface area contributed by atoms with Crippen molar-refractivity contribution >= 4 is 38.9 Å². The molecule has 2 aliphatic heterocycles. The number of hydrogen-bond acceptors (Lipinski definition) is 9. The molecule has 4 rings (SSSR count). The van der Waals surface area contributed by atoms with Gasteiger partial charge in [0.2, 0.25) is 0 Å². The fraction of sp³-hybridized carbons (Fsp3) is 0.619. The Balaban J connectivity index is 1.20. The zero-order valence-corrected chi connectivity index (χ0v) is 20.3. The van der Waals surface area contributed by atoms with Crippen LogP contribution in [0, 0.1) is 4.91 Å². The fourth-order valence-electron chi connectivity index (χ4n) is 4.11. The molecule has 180 valence electrons. The van der Waals surface area contributed by atoms with E-state index < -0.39 is 5.79 Å². The minimum Gasteiger partial charge on any atom is -0.462 e. The number of ether oxygens (including phenoxy) is 3. The van der Waals surface area contributed by atoms with Gasteiger partial charge in [0.1, 0.15) is 6.10 Å². The van der Waals surface area contributed by atoms with Gasteiger partial charge in [-0.05, 0) is 38.8 Å². The van der Waals surface area contributed by atoms with Crippen LogP contribution in [0.1, 0.15) is 33.1 Å². The van der Waals surface area contributed by atoms with Crippen LogP contribution in [0.3, 0.4) is 0 Å². The number of piperidine rings is 1. The van der Waals surface area contributed by atoms with E-state index in [2.05, 4.69) is 31.2 Å². The van der Waals surface area contributed by atoms with E-state index in [9.17, 15) is 14.9 Å². The second-order valence-corrected chi connectivity index (χ2v) is 9.67. The van der Waals surface area contributed by atoms with Crippen LogP contribution in [-0.4, -0.2) is 76.7 Å². The SMILES string of the molecule is CC1(C)OCC(CN2CCC(OC(=O)CCNc3n[n+](=O)c4cc(Br)ccc4n3O)CC2)O1. The average molecular weight is 527 g/mol. The Labute approximate surface area is 199 Å². The van der Waals surface area contributed by atoms with Gasteiger partial charge in [-0.25, -0.2) is 0 Å². The zero-order valence-electron chi connectivity index (χ0n) is 18.7. The lowest BCUT2D eigenvalue weighted by molar-refractivity contribution is -0.535. The predicted octanol–water partition coefficient (Wildman–Crippen LogP) is 1.91. The van der Waals surface area contributed by atoms with Crippen molar-refractivity contribution in [3.63, 3.8) is 0 Å². The first-order chi connectivity index (χ1) is 15.7. The molecule has 0 bridgehead atoms. The van der Waals surface area contributed by atoms with Crippen molar-refractivity contribution < 1.29 is 28.8 Å². The number of benzene rings is 1. The van der Waals surface area contributed by atoms with Crippen molar-refractivity contribution in [2.24, 2.45) is 0 Å². The van der Waals surface area contributed by atoms with Crippen LogP contribution in [0.5, 0.6) is 0 Å². The lowest BCUT2D eigenvalue weighted by atomic mass is 10.1. The molecular formula is C21H29BrN5O6+. The van der Waals surface area contributed by atoms with Crippen LogP contribution in [-0.2, 0) is 19.0 Å². The second kappa shape index (κ2) is 9.92. The molecule has 0 saturated carbocycles. The van der Waals surface area contributed by atoms with E-state index in [0.29, 0.717) is 15.6 Å². The van der Waals surface area contributed by atoms with E-state index >= 15 is 0 Å². The lowest BCUT2D eigenvalue weighted by Gasteiger charge is -2.32. The van der Waals surface area contributed by atoms with E-state index in [1.54, 1.807) is 18.2 Å². The molecule has 0 radical (unpaired) electrons. The minimum absolute atomic E-state index is 0.0535. The van der Waals surface area contributed by atoms with Gasteiger partial charge in [0.05, 0.1) is 29.1 Å². The summed E-state index contributed by atoms with van der Waals surface area (Å²) in [6, 6.07) is 4.86. The summed E-state index contributed by atoms with van der Waals surface area (Å²) in [5.41, 5.74) is 0.497. The van der Waals surface area contributed by atoms with Crippen LogP contribution in [0.15, 0.2) is 22.7 Å². The molecule has 12 heteroatoms. The molecule has 0 amide bonds. The van der Waals surface area contributed by atoms with Gasteiger partial charge < -0.3 is 29.6 Å². The Morgan fingerprint density at radius 2 is 2.15 bits per heavy atom. The maximum absolute atomic E-state index is 12.3. The molecule has 1 aromatic carbocycles. The van der Waals surface area contributed by atoms with Crippen molar-refractivity contribution in [3.8, 4) is 0 Å². The molecule has 0 aliphatic carbocycles. The van der Waals surface area contributed by atoms with Gasteiger partial charge >= 0.3 is 17.4 Å². The average Bonchev–Trinajstić information content (AvgIpc) is 3.11. The van der Waals surface area contributed by atoms with Gasteiger partial charge in [0.25, 0.3) is 0 Å². The number of anilines is 1. The summed E-state index contributed by atoms with van der Waals surface area (Å²) in [6.07, 6.45) is 1.57. The Kier molecular flexibility index (Phi) is 7.17. The quantitative estimate of drug-likeness (QED) is 0.316. The number of rotatable bonds is 7. The molecule has 33 heavy (non-hydrogen) atoms. The molecule has 2 saturated heterocycles. The third-order valence-corrected chi connectivity index (χ3v) is 6.23. The number of carbonyl (C=O) groups excluding carboxylic acids is 1. The second-order valence-electron chi connectivity index (χ2n) is 8.76. The van der Waals surface area contributed by atoms with Crippen molar-refractivity contribution in [1.29, 1.82) is 0 Å². The standard InChI is InChI=1S/C21H29BrN5O6/c1-21(2)31-13-16(33-21)12-25-9-6-15(7-10-25)32-19(28)5-8-23-20-24-27(30)18-11-14(22)3-4-17(18)26(20)29/h3-4,11,15-16,29H,5-10,12-13H2,1-2H3,(H,23,24,30)/q+1. The van der Waals surface area contributed by atoms with Gasteiger partial charge in [-0.2, -0.15) is 0 Å². The number of esters is 1. The number of aromatic nitrogens is 3. The molecule has 1 unspecified atom stereocenters. The number of nitrogens with one attached hydrogen (secondary N) is 1. The van der Waals surface area contributed by atoms with Crippen molar-refractivity contribution in [2.75, 3.05) is 38.1 Å². The van der Waals surface area contributed by atoms with Gasteiger partial charge in [-0.3, -0.25) is 4.79 Å². The van der Waals surface area contributed by atoms with E-state index in [-0.39, 0.29) is 48.1 Å². The zero-order chi connectivity index (χ0) is 23.6. The summed E-state index contributed by atoms with van der Waals surface area (Å²) in [5.74, 6) is -0.906. The van der Waals surface area contributed by atoms with Crippen molar-refractivity contribution in [1.82, 2.24) is 14.7 Å². The van der Waals surface area contributed by atoms with Crippen LogP contribution in [0.2, 0.25) is 0 Å². The number of halogens is 1. The Hall–Kier alpha value is -2.28. The van der Waals surface area contributed by atoms with E-state index in [4.69, 9.17) is 14.2 Å². The summed E-state index contributed by atoms with van der Waals surface area (Å²) < 4.78 is 19.0. The molecule has 3 heterocycles. The highest BCUT2D eigenvalue weighted by molar-refractivity contribution is 9.10. The number of fused-ring (bicyclic) bond motifs is 1. The maximum Gasteiger partial charge on any atom is 0.323 e.